The lowest BCUT2D eigenvalue weighted by atomic mass is 10.3. The Hall–Kier alpha value is -2.71. The standard InChI is InChI=1S/C19H18ClN3O4S/c1-3-9-23-16(11-27-15-6-4-14(20)5-7-15)21-22-19(23)28-12-13-8-10-26-17(13)18(24)25-2/h3-8,10H,1,9,11-12H2,2H3. The van der Waals surface area contributed by atoms with E-state index in [-0.39, 0.29) is 12.4 Å². The van der Waals surface area contributed by atoms with Gasteiger partial charge < -0.3 is 13.9 Å². The number of halogens is 1. The molecule has 3 aromatic rings. The number of furan rings is 1. The van der Waals surface area contributed by atoms with Crippen LogP contribution in [-0.4, -0.2) is 27.8 Å². The molecule has 0 aliphatic heterocycles. The fraction of sp³-hybridized carbons (Fsp3) is 0.211. The van der Waals surface area contributed by atoms with Crippen LogP contribution in [0.4, 0.5) is 0 Å². The van der Waals surface area contributed by atoms with Crippen LogP contribution in [0.3, 0.4) is 0 Å². The molecule has 0 saturated carbocycles. The molecule has 0 radical (unpaired) electrons. The normalized spacial score (nSPS) is 10.6. The quantitative estimate of drug-likeness (QED) is 0.289. The van der Waals surface area contributed by atoms with E-state index in [4.69, 9.17) is 25.5 Å². The zero-order valence-electron chi connectivity index (χ0n) is 15.1. The Balaban J connectivity index is 1.70. The lowest BCUT2D eigenvalue weighted by Gasteiger charge is -2.09. The van der Waals surface area contributed by atoms with E-state index in [9.17, 15) is 4.79 Å². The van der Waals surface area contributed by atoms with E-state index in [1.807, 2.05) is 4.57 Å². The molecule has 0 aliphatic carbocycles. The highest BCUT2D eigenvalue weighted by Gasteiger charge is 2.18. The summed E-state index contributed by atoms with van der Waals surface area (Å²) in [7, 11) is 1.31. The third kappa shape index (κ3) is 4.76. The van der Waals surface area contributed by atoms with Gasteiger partial charge in [0.2, 0.25) is 5.76 Å². The van der Waals surface area contributed by atoms with Gasteiger partial charge in [-0.3, -0.25) is 4.57 Å². The summed E-state index contributed by atoms with van der Waals surface area (Å²) >= 11 is 7.32. The van der Waals surface area contributed by atoms with Crippen molar-refractivity contribution in [2.45, 2.75) is 24.1 Å². The number of thioether (sulfide) groups is 1. The third-order valence-electron chi connectivity index (χ3n) is 3.76. The average Bonchev–Trinajstić information content (AvgIpc) is 3.33. The van der Waals surface area contributed by atoms with Crippen LogP contribution in [0, 0.1) is 0 Å². The number of esters is 1. The van der Waals surface area contributed by atoms with Gasteiger partial charge in [-0.2, -0.15) is 0 Å². The second-order valence-electron chi connectivity index (χ2n) is 5.60. The highest BCUT2D eigenvalue weighted by Crippen LogP contribution is 2.25. The summed E-state index contributed by atoms with van der Waals surface area (Å²) in [6, 6.07) is 8.84. The summed E-state index contributed by atoms with van der Waals surface area (Å²) in [6.45, 7) is 4.57. The topological polar surface area (TPSA) is 79.4 Å². The monoisotopic (exact) mass is 419 g/mol. The van der Waals surface area contributed by atoms with Crippen molar-refractivity contribution in [3.8, 4) is 5.75 Å². The number of ether oxygens (including phenoxy) is 2. The molecule has 9 heteroatoms. The second-order valence-corrected chi connectivity index (χ2v) is 6.97. The molecule has 28 heavy (non-hydrogen) atoms. The second kappa shape index (κ2) is 9.48. The molecule has 0 atom stereocenters. The molecule has 0 saturated heterocycles. The van der Waals surface area contributed by atoms with E-state index in [2.05, 4.69) is 16.8 Å². The van der Waals surface area contributed by atoms with Gasteiger partial charge in [0.25, 0.3) is 0 Å². The first-order valence-electron chi connectivity index (χ1n) is 8.31. The Bertz CT molecular complexity index is 953. The summed E-state index contributed by atoms with van der Waals surface area (Å²) < 4.78 is 17.6. The Kier molecular flexibility index (Phi) is 6.78. The average molecular weight is 420 g/mol. The van der Waals surface area contributed by atoms with E-state index >= 15 is 0 Å². The van der Waals surface area contributed by atoms with Crippen molar-refractivity contribution in [3.63, 3.8) is 0 Å². The zero-order chi connectivity index (χ0) is 19.9. The molecule has 0 N–H and O–H groups in total. The van der Waals surface area contributed by atoms with Crippen molar-refractivity contribution in [2.75, 3.05) is 7.11 Å². The zero-order valence-corrected chi connectivity index (χ0v) is 16.7. The van der Waals surface area contributed by atoms with Crippen molar-refractivity contribution in [2.24, 2.45) is 0 Å². The molecule has 0 fully saturated rings. The molecule has 3 rings (SSSR count). The molecule has 1 aromatic carbocycles. The smallest absolute Gasteiger partial charge is 0.374 e. The largest absolute Gasteiger partial charge is 0.486 e. The minimum Gasteiger partial charge on any atom is -0.486 e. The van der Waals surface area contributed by atoms with Crippen molar-refractivity contribution < 1.29 is 18.7 Å². The number of methoxy groups -OCH3 is 1. The van der Waals surface area contributed by atoms with E-state index in [0.29, 0.717) is 34.1 Å². The lowest BCUT2D eigenvalue weighted by Crippen LogP contribution is -2.07. The summed E-state index contributed by atoms with van der Waals surface area (Å²) in [5.74, 6) is 1.51. The van der Waals surface area contributed by atoms with E-state index in [1.165, 1.54) is 25.1 Å². The van der Waals surface area contributed by atoms with Gasteiger partial charge in [0.05, 0.1) is 13.4 Å². The van der Waals surface area contributed by atoms with Crippen molar-refractivity contribution >= 4 is 29.3 Å². The molecule has 0 unspecified atom stereocenters. The summed E-state index contributed by atoms with van der Waals surface area (Å²) in [5.41, 5.74) is 0.726. The number of aromatic nitrogens is 3. The highest BCUT2D eigenvalue weighted by atomic mass is 35.5. The van der Waals surface area contributed by atoms with Crippen LogP contribution in [-0.2, 0) is 23.6 Å². The van der Waals surface area contributed by atoms with E-state index in [0.717, 1.165) is 5.56 Å². The minimum atomic E-state index is -0.509. The van der Waals surface area contributed by atoms with Crippen LogP contribution in [0.25, 0.3) is 0 Å². The maximum Gasteiger partial charge on any atom is 0.374 e. The number of benzene rings is 1. The van der Waals surface area contributed by atoms with Gasteiger partial charge in [-0.05, 0) is 30.3 Å². The van der Waals surface area contributed by atoms with Crippen molar-refractivity contribution in [1.29, 1.82) is 0 Å². The van der Waals surface area contributed by atoms with Gasteiger partial charge in [-0.1, -0.05) is 29.4 Å². The highest BCUT2D eigenvalue weighted by molar-refractivity contribution is 7.98. The first-order chi connectivity index (χ1) is 13.6. The molecule has 0 spiro atoms. The maximum atomic E-state index is 11.7. The first-order valence-corrected chi connectivity index (χ1v) is 9.67. The predicted octanol–water partition coefficient (Wildman–Crippen LogP) is 4.37. The lowest BCUT2D eigenvalue weighted by molar-refractivity contribution is 0.0564. The minimum absolute atomic E-state index is 0.191. The Morgan fingerprint density at radius 3 is 2.82 bits per heavy atom. The SMILES string of the molecule is C=CCn1c(COc2ccc(Cl)cc2)nnc1SCc1ccoc1C(=O)OC. The Labute approximate surface area is 171 Å². The van der Waals surface area contributed by atoms with Crippen molar-refractivity contribution in [1.82, 2.24) is 14.8 Å². The molecular formula is C19H18ClN3O4S. The molecule has 7 nitrogen and oxygen atoms in total. The number of allylic oxidation sites excluding steroid dienone is 1. The van der Waals surface area contributed by atoms with Gasteiger partial charge in [-0.15, -0.1) is 16.8 Å². The van der Waals surface area contributed by atoms with Crippen LogP contribution in [0.15, 0.2) is 58.8 Å². The summed E-state index contributed by atoms with van der Waals surface area (Å²) in [6.07, 6.45) is 3.22. The van der Waals surface area contributed by atoms with Crippen LogP contribution >= 0.6 is 23.4 Å². The molecule has 2 aromatic heterocycles. The van der Waals surface area contributed by atoms with Gasteiger partial charge in [0.1, 0.15) is 12.4 Å². The van der Waals surface area contributed by atoms with E-state index in [1.54, 1.807) is 36.4 Å². The van der Waals surface area contributed by atoms with E-state index < -0.39 is 5.97 Å². The fourth-order valence-electron chi connectivity index (χ4n) is 2.39. The predicted molar refractivity (Wildman–Crippen MR) is 106 cm³/mol. The van der Waals surface area contributed by atoms with Gasteiger partial charge in [0.15, 0.2) is 11.0 Å². The van der Waals surface area contributed by atoms with Crippen LogP contribution < -0.4 is 4.74 Å². The third-order valence-corrected chi connectivity index (χ3v) is 5.03. The summed E-state index contributed by atoms with van der Waals surface area (Å²) in [5, 5.41) is 9.79. The molecule has 0 amide bonds. The molecule has 2 heterocycles. The molecule has 0 bridgehead atoms. The number of hydrogen-bond acceptors (Lipinski definition) is 7. The van der Waals surface area contributed by atoms with Crippen molar-refractivity contribution in [3.05, 3.63) is 71.4 Å². The summed E-state index contributed by atoms with van der Waals surface area (Å²) in [4.78, 5) is 11.7. The number of nitrogens with zero attached hydrogens (tertiary/aromatic N) is 3. The molecule has 0 aliphatic rings. The number of carbonyl (C=O) groups excluding carboxylic acids is 1. The van der Waals surface area contributed by atoms with Gasteiger partial charge in [-0.25, -0.2) is 4.79 Å². The number of rotatable bonds is 9. The van der Waals surface area contributed by atoms with Crippen LogP contribution in [0.5, 0.6) is 5.75 Å². The maximum absolute atomic E-state index is 11.7. The fourth-order valence-corrected chi connectivity index (χ4v) is 3.46. The van der Waals surface area contributed by atoms with Crippen LogP contribution in [0.2, 0.25) is 5.02 Å². The number of carbonyl (C=O) groups is 1. The Morgan fingerprint density at radius 1 is 1.32 bits per heavy atom. The molecular weight excluding hydrogens is 402 g/mol. The van der Waals surface area contributed by atoms with Gasteiger partial charge in [0, 0.05) is 22.9 Å². The first kappa shape index (κ1) is 20.0. The molecule has 146 valence electrons. The van der Waals surface area contributed by atoms with Gasteiger partial charge >= 0.3 is 5.97 Å². The van der Waals surface area contributed by atoms with Crippen LogP contribution in [0.1, 0.15) is 21.9 Å². The number of hydrogen-bond donors (Lipinski definition) is 0. The Morgan fingerprint density at radius 2 is 2.11 bits per heavy atom.